The lowest BCUT2D eigenvalue weighted by Crippen LogP contribution is -2.31. The number of Topliss-reactive ketones (excluding diaryl/α,β-unsaturated/α-hetero) is 1. The Bertz CT molecular complexity index is 700. The summed E-state index contributed by atoms with van der Waals surface area (Å²) in [5.41, 5.74) is 1.70. The van der Waals surface area contributed by atoms with Gasteiger partial charge in [0.2, 0.25) is 0 Å². The summed E-state index contributed by atoms with van der Waals surface area (Å²) >= 11 is 7.60. The number of ether oxygens (including phenoxy) is 2. The summed E-state index contributed by atoms with van der Waals surface area (Å²) in [6.45, 7) is 3.28. The number of rotatable bonds is 8. The second kappa shape index (κ2) is 10.4. The fourth-order valence-corrected chi connectivity index (χ4v) is 2.78. The first-order valence-electron chi connectivity index (χ1n) is 8.28. The Kier molecular flexibility index (Phi) is 8.22. The largest absolute Gasteiger partial charge is 0.449 e. The standard InChI is InChI=1S/C19H22ClNO4S/c1-3-25-19(23)21-9-8-15(13-24-10-11-26-2)17(12-21)18(22)14-4-6-16(20)7-5-14/h4-8,12H,3,9-11,13H2,1-2H3. The topological polar surface area (TPSA) is 55.8 Å². The molecule has 0 bridgehead atoms. The van der Waals surface area contributed by atoms with Crippen molar-refractivity contribution in [2.24, 2.45) is 0 Å². The lowest BCUT2D eigenvalue weighted by atomic mass is 9.95. The van der Waals surface area contributed by atoms with Gasteiger partial charge < -0.3 is 9.47 Å². The Morgan fingerprint density at radius 2 is 2.00 bits per heavy atom. The molecule has 1 amide bonds. The summed E-state index contributed by atoms with van der Waals surface area (Å²) in [4.78, 5) is 26.4. The first-order valence-corrected chi connectivity index (χ1v) is 10.1. The number of hydrogen-bond donors (Lipinski definition) is 0. The molecule has 0 aliphatic carbocycles. The highest BCUT2D eigenvalue weighted by atomic mass is 35.5. The van der Waals surface area contributed by atoms with E-state index >= 15 is 0 Å². The van der Waals surface area contributed by atoms with Crippen molar-refractivity contribution in [3.05, 3.63) is 58.3 Å². The van der Waals surface area contributed by atoms with Crippen LogP contribution in [0.4, 0.5) is 4.79 Å². The van der Waals surface area contributed by atoms with E-state index in [1.807, 2.05) is 12.3 Å². The minimum Gasteiger partial charge on any atom is -0.449 e. The van der Waals surface area contributed by atoms with Crippen LogP contribution in [0.2, 0.25) is 5.02 Å². The molecule has 0 N–H and O–H groups in total. The summed E-state index contributed by atoms with van der Waals surface area (Å²) in [5.74, 6) is 0.697. The maximum Gasteiger partial charge on any atom is 0.414 e. The van der Waals surface area contributed by atoms with Crippen LogP contribution in [0.1, 0.15) is 17.3 Å². The van der Waals surface area contributed by atoms with Gasteiger partial charge in [-0.2, -0.15) is 11.8 Å². The van der Waals surface area contributed by atoms with Gasteiger partial charge in [0, 0.05) is 34.7 Å². The van der Waals surface area contributed by atoms with Gasteiger partial charge in [-0.3, -0.25) is 9.69 Å². The Morgan fingerprint density at radius 3 is 2.65 bits per heavy atom. The molecule has 2 rings (SSSR count). The molecule has 26 heavy (non-hydrogen) atoms. The lowest BCUT2D eigenvalue weighted by molar-refractivity contribution is 0.102. The molecular weight excluding hydrogens is 374 g/mol. The predicted octanol–water partition coefficient (Wildman–Crippen LogP) is 4.18. The molecule has 1 aliphatic heterocycles. The molecule has 1 aromatic carbocycles. The number of halogens is 1. The summed E-state index contributed by atoms with van der Waals surface area (Å²) in [6, 6.07) is 6.67. The van der Waals surface area contributed by atoms with E-state index in [2.05, 4.69) is 0 Å². The Morgan fingerprint density at radius 1 is 1.27 bits per heavy atom. The number of thioether (sulfide) groups is 1. The van der Waals surface area contributed by atoms with E-state index in [1.54, 1.807) is 49.2 Å². The van der Waals surface area contributed by atoms with Crippen LogP contribution in [0, 0.1) is 0 Å². The second-order valence-corrected chi connectivity index (χ2v) is 6.93. The Balaban J connectivity index is 2.22. The van der Waals surface area contributed by atoms with Crippen molar-refractivity contribution < 1.29 is 19.1 Å². The Labute approximate surface area is 163 Å². The van der Waals surface area contributed by atoms with Crippen LogP contribution in [0.3, 0.4) is 0 Å². The summed E-state index contributed by atoms with van der Waals surface area (Å²) in [6.07, 6.45) is 4.91. The molecule has 1 aromatic rings. The fraction of sp³-hybridized carbons (Fsp3) is 0.368. The van der Waals surface area contributed by atoms with Crippen molar-refractivity contribution in [2.45, 2.75) is 6.92 Å². The van der Waals surface area contributed by atoms with Gasteiger partial charge >= 0.3 is 6.09 Å². The lowest BCUT2D eigenvalue weighted by Gasteiger charge is -2.24. The maximum atomic E-state index is 12.9. The molecule has 0 atom stereocenters. The smallest absolute Gasteiger partial charge is 0.414 e. The van der Waals surface area contributed by atoms with Crippen molar-refractivity contribution in [3.8, 4) is 0 Å². The van der Waals surface area contributed by atoms with Gasteiger partial charge in [0.25, 0.3) is 0 Å². The highest BCUT2D eigenvalue weighted by Gasteiger charge is 2.24. The molecule has 0 saturated heterocycles. The highest BCUT2D eigenvalue weighted by Crippen LogP contribution is 2.23. The molecule has 0 saturated carbocycles. The van der Waals surface area contributed by atoms with Crippen LogP contribution in [0.25, 0.3) is 0 Å². The third-order valence-corrected chi connectivity index (χ3v) is 4.53. The van der Waals surface area contributed by atoms with Crippen LogP contribution < -0.4 is 0 Å². The summed E-state index contributed by atoms with van der Waals surface area (Å²) < 4.78 is 10.7. The van der Waals surface area contributed by atoms with Crippen molar-refractivity contribution in [1.82, 2.24) is 4.90 Å². The van der Waals surface area contributed by atoms with Gasteiger partial charge in [-0.1, -0.05) is 17.7 Å². The zero-order chi connectivity index (χ0) is 18.9. The van der Waals surface area contributed by atoms with E-state index in [0.717, 1.165) is 11.3 Å². The van der Waals surface area contributed by atoms with Gasteiger partial charge in [-0.15, -0.1) is 0 Å². The molecule has 5 nitrogen and oxygen atoms in total. The van der Waals surface area contributed by atoms with Gasteiger partial charge in [0.15, 0.2) is 5.78 Å². The molecule has 0 unspecified atom stereocenters. The molecule has 0 radical (unpaired) electrons. The molecular formula is C19H22ClNO4S. The monoisotopic (exact) mass is 395 g/mol. The first-order chi connectivity index (χ1) is 12.6. The second-order valence-electron chi connectivity index (χ2n) is 5.50. The fourth-order valence-electron chi connectivity index (χ4n) is 2.37. The Hall–Kier alpha value is -1.76. The number of carbonyl (C=O) groups excluding carboxylic acids is 2. The third-order valence-electron chi connectivity index (χ3n) is 3.71. The highest BCUT2D eigenvalue weighted by molar-refractivity contribution is 7.98. The average Bonchev–Trinajstić information content (AvgIpc) is 2.65. The average molecular weight is 396 g/mol. The molecule has 1 aliphatic rings. The van der Waals surface area contributed by atoms with Gasteiger partial charge in [0.05, 0.1) is 19.8 Å². The van der Waals surface area contributed by atoms with E-state index in [1.165, 1.54) is 4.90 Å². The minimum atomic E-state index is -0.479. The summed E-state index contributed by atoms with van der Waals surface area (Å²) in [7, 11) is 0. The van der Waals surface area contributed by atoms with Gasteiger partial charge in [-0.05, 0) is 43.0 Å². The van der Waals surface area contributed by atoms with Crippen molar-refractivity contribution in [2.75, 3.05) is 38.4 Å². The van der Waals surface area contributed by atoms with Crippen molar-refractivity contribution in [3.63, 3.8) is 0 Å². The molecule has 0 aromatic heterocycles. The van der Waals surface area contributed by atoms with Gasteiger partial charge in [-0.25, -0.2) is 4.79 Å². The van der Waals surface area contributed by atoms with E-state index in [-0.39, 0.29) is 12.4 Å². The van der Waals surface area contributed by atoms with Crippen LogP contribution in [-0.4, -0.2) is 55.2 Å². The van der Waals surface area contributed by atoms with Crippen molar-refractivity contribution >= 4 is 35.2 Å². The van der Waals surface area contributed by atoms with Crippen LogP contribution >= 0.6 is 23.4 Å². The van der Waals surface area contributed by atoms with Crippen LogP contribution in [0.15, 0.2) is 47.7 Å². The number of amides is 1. The number of hydrogen-bond acceptors (Lipinski definition) is 5. The normalized spacial score (nSPS) is 13.9. The quantitative estimate of drug-likeness (QED) is 0.488. The summed E-state index contributed by atoms with van der Waals surface area (Å²) in [5, 5.41) is 0.559. The van der Waals surface area contributed by atoms with Crippen LogP contribution in [-0.2, 0) is 9.47 Å². The maximum absolute atomic E-state index is 12.9. The van der Waals surface area contributed by atoms with E-state index < -0.39 is 6.09 Å². The minimum absolute atomic E-state index is 0.185. The number of nitrogens with zero attached hydrogens (tertiary/aromatic N) is 1. The number of benzene rings is 1. The zero-order valence-electron chi connectivity index (χ0n) is 14.9. The SMILES string of the molecule is CCOC(=O)N1C=C(C(=O)c2ccc(Cl)cc2)C(COCCSC)=CC1. The van der Waals surface area contributed by atoms with E-state index in [0.29, 0.717) is 35.9 Å². The predicted molar refractivity (Wildman–Crippen MR) is 105 cm³/mol. The number of carbonyl (C=O) groups is 2. The third kappa shape index (κ3) is 5.62. The zero-order valence-corrected chi connectivity index (χ0v) is 16.4. The van der Waals surface area contributed by atoms with Crippen molar-refractivity contribution in [1.29, 1.82) is 0 Å². The number of ketones is 1. The molecule has 1 heterocycles. The van der Waals surface area contributed by atoms with Gasteiger partial charge in [0.1, 0.15) is 0 Å². The molecule has 0 fully saturated rings. The first kappa shape index (κ1) is 20.6. The molecule has 0 spiro atoms. The molecule has 140 valence electrons. The molecule has 7 heteroatoms. The van der Waals surface area contributed by atoms with E-state index in [4.69, 9.17) is 21.1 Å². The van der Waals surface area contributed by atoms with Crippen LogP contribution in [0.5, 0.6) is 0 Å². The van der Waals surface area contributed by atoms with E-state index in [9.17, 15) is 9.59 Å².